The molecular weight excluding hydrogens is 239 g/mol. The van der Waals surface area contributed by atoms with Crippen molar-refractivity contribution >= 4 is 11.8 Å². The lowest BCUT2D eigenvalue weighted by Crippen LogP contribution is -2.29. The van der Waals surface area contributed by atoms with E-state index < -0.39 is 17.6 Å². The zero-order chi connectivity index (χ0) is 13.5. The number of hydrogen-bond donors (Lipinski definition) is 2. The summed E-state index contributed by atoms with van der Waals surface area (Å²) in [5.41, 5.74) is 5.58. The molecule has 5 nitrogen and oxygen atoms in total. The number of nitrogens with two attached hydrogens (primary N) is 1. The molecule has 2 amide bonds. The Balaban J connectivity index is 2.39. The lowest BCUT2D eigenvalue weighted by molar-refractivity contribution is -0.122. The zero-order valence-electron chi connectivity index (χ0n) is 10.0. The largest absolute Gasteiger partial charge is 0.370 e. The second-order valence-electron chi connectivity index (χ2n) is 3.76. The molecule has 0 saturated heterocycles. The van der Waals surface area contributed by atoms with Crippen LogP contribution in [0.3, 0.4) is 0 Å². The van der Waals surface area contributed by atoms with E-state index in [1.807, 2.05) is 0 Å². The predicted octanol–water partition coefficient (Wildman–Crippen LogP) is 0.366. The van der Waals surface area contributed by atoms with Gasteiger partial charge in [-0.05, 0) is 24.6 Å². The van der Waals surface area contributed by atoms with Crippen LogP contribution in [0.25, 0.3) is 0 Å². The summed E-state index contributed by atoms with van der Waals surface area (Å²) in [6.45, 7) is 1.86. The third-order valence-corrected chi connectivity index (χ3v) is 2.15. The minimum atomic E-state index is -0.578. The summed E-state index contributed by atoms with van der Waals surface area (Å²) in [4.78, 5) is 21.9. The second-order valence-corrected chi connectivity index (χ2v) is 3.76. The van der Waals surface area contributed by atoms with Gasteiger partial charge in [0.15, 0.2) is 0 Å². The van der Waals surface area contributed by atoms with Gasteiger partial charge < -0.3 is 15.8 Å². The summed E-state index contributed by atoms with van der Waals surface area (Å²) >= 11 is 0. The summed E-state index contributed by atoms with van der Waals surface area (Å²) in [5.74, 6) is -1.66. The fraction of sp³-hybridized carbons (Fsp3) is 0.333. The van der Waals surface area contributed by atoms with E-state index >= 15 is 0 Å². The summed E-state index contributed by atoms with van der Waals surface area (Å²) in [7, 11) is 0. The highest BCUT2D eigenvalue weighted by Crippen LogP contribution is 2.09. The molecule has 0 aliphatic rings. The Labute approximate surface area is 104 Å². The van der Waals surface area contributed by atoms with Crippen molar-refractivity contribution in [1.82, 2.24) is 5.32 Å². The fourth-order valence-corrected chi connectivity index (χ4v) is 1.31. The molecule has 0 fully saturated rings. The Morgan fingerprint density at radius 1 is 1.44 bits per heavy atom. The number of nitrogens with one attached hydrogen (secondary N) is 1. The molecule has 0 radical (unpaired) electrons. The average molecular weight is 254 g/mol. The van der Waals surface area contributed by atoms with Crippen LogP contribution in [-0.4, -0.2) is 31.6 Å². The summed E-state index contributed by atoms with van der Waals surface area (Å²) in [6, 6.07) is 4.37. The topological polar surface area (TPSA) is 81.4 Å². The lowest BCUT2D eigenvalue weighted by Gasteiger charge is -2.06. The normalized spacial score (nSPS) is 10.1. The zero-order valence-corrected chi connectivity index (χ0v) is 10.0. The van der Waals surface area contributed by atoms with E-state index in [0.29, 0.717) is 0 Å². The SMILES string of the molecule is Cc1ccc(C(=O)NCCOCC(N)=O)c(F)c1. The molecule has 0 bridgehead atoms. The number of amides is 2. The van der Waals surface area contributed by atoms with Gasteiger partial charge in [-0.3, -0.25) is 9.59 Å². The Bertz CT molecular complexity index is 449. The molecule has 0 unspecified atom stereocenters. The van der Waals surface area contributed by atoms with Crippen LogP contribution in [0.2, 0.25) is 0 Å². The van der Waals surface area contributed by atoms with Crippen molar-refractivity contribution in [2.24, 2.45) is 5.73 Å². The molecule has 0 atom stereocenters. The molecule has 0 spiro atoms. The maximum atomic E-state index is 13.4. The van der Waals surface area contributed by atoms with Crippen molar-refractivity contribution in [2.45, 2.75) is 6.92 Å². The average Bonchev–Trinajstić information content (AvgIpc) is 2.27. The summed E-state index contributed by atoms with van der Waals surface area (Å²) in [6.07, 6.45) is 0. The number of primary amides is 1. The Morgan fingerprint density at radius 2 is 2.17 bits per heavy atom. The smallest absolute Gasteiger partial charge is 0.254 e. The third-order valence-electron chi connectivity index (χ3n) is 2.15. The van der Waals surface area contributed by atoms with E-state index in [1.54, 1.807) is 13.0 Å². The Hall–Kier alpha value is -1.95. The number of halogens is 1. The molecule has 6 heteroatoms. The van der Waals surface area contributed by atoms with Crippen LogP contribution in [0, 0.1) is 12.7 Å². The Kier molecular flexibility index (Phi) is 5.26. The van der Waals surface area contributed by atoms with Crippen LogP contribution in [0.4, 0.5) is 4.39 Å². The van der Waals surface area contributed by atoms with Gasteiger partial charge in [0.2, 0.25) is 5.91 Å². The highest BCUT2D eigenvalue weighted by Gasteiger charge is 2.10. The highest BCUT2D eigenvalue weighted by molar-refractivity contribution is 5.94. The first-order chi connectivity index (χ1) is 8.50. The molecule has 3 N–H and O–H groups in total. The maximum absolute atomic E-state index is 13.4. The monoisotopic (exact) mass is 254 g/mol. The van der Waals surface area contributed by atoms with Gasteiger partial charge in [-0.15, -0.1) is 0 Å². The lowest BCUT2D eigenvalue weighted by atomic mass is 10.1. The predicted molar refractivity (Wildman–Crippen MR) is 63.5 cm³/mol. The van der Waals surface area contributed by atoms with Crippen molar-refractivity contribution in [3.05, 3.63) is 35.1 Å². The van der Waals surface area contributed by atoms with E-state index in [9.17, 15) is 14.0 Å². The number of ether oxygens (including phenoxy) is 1. The highest BCUT2D eigenvalue weighted by atomic mass is 19.1. The Morgan fingerprint density at radius 3 is 2.78 bits per heavy atom. The van der Waals surface area contributed by atoms with E-state index in [0.717, 1.165) is 5.56 Å². The quantitative estimate of drug-likeness (QED) is 0.719. The molecule has 0 aromatic heterocycles. The van der Waals surface area contributed by atoms with Crippen LogP contribution in [0.1, 0.15) is 15.9 Å². The van der Waals surface area contributed by atoms with Crippen LogP contribution < -0.4 is 11.1 Å². The van der Waals surface area contributed by atoms with Crippen LogP contribution in [0.5, 0.6) is 0 Å². The van der Waals surface area contributed by atoms with Crippen molar-refractivity contribution < 1.29 is 18.7 Å². The van der Waals surface area contributed by atoms with Gasteiger partial charge in [0.25, 0.3) is 5.91 Å². The van der Waals surface area contributed by atoms with Crippen LogP contribution in [-0.2, 0) is 9.53 Å². The molecule has 98 valence electrons. The summed E-state index contributed by atoms with van der Waals surface area (Å²) in [5, 5.41) is 2.48. The van der Waals surface area contributed by atoms with Crippen molar-refractivity contribution in [3.63, 3.8) is 0 Å². The van der Waals surface area contributed by atoms with Gasteiger partial charge in [-0.1, -0.05) is 6.07 Å². The van der Waals surface area contributed by atoms with Gasteiger partial charge in [-0.25, -0.2) is 4.39 Å². The molecule has 0 saturated carbocycles. The van der Waals surface area contributed by atoms with Gasteiger partial charge >= 0.3 is 0 Å². The fourth-order valence-electron chi connectivity index (χ4n) is 1.31. The third kappa shape index (κ3) is 4.50. The first-order valence-electron chi connectivity index (χ1n) is 5.41. The molecule has 1 aromatic carbocycles. The number of rotatable bonds is 6. The maximum Gasteiger partial charge on any atom is 0.254 e. The number of benzene rings is 1. The minimum absolute atomic E-state index is 0.0181. The standard InChI is InChI=1S/C12H15FN2O3/c1-8-2-3-9(10(13)6-8)12(17)15-4-5-18-7-11(14)16/h2-3,6H,4-5,7H2,1H3,(H2,14,16)(H,15,17). The van der Waals surface area contributed by atoms with Gasteiger partial charge in [0.05, 0.1) is 12.2 Å². The number of aryl methyl sites for hydroxylation is 1. The molecular formula is C12H15FN2O3. The van der Waals surface area contributed by atoms with Crippen molar-refractivity contribution in [1.29, 1.82) is 0 Å². The molecule has 1 rings (SSSR count). The first-order valence-corrected chi connectivity index (χ1v) is 5.41. The first kappa shape index (κ1) is 14.1. The number of hydrogen-bond acceptors (Lipinski definition) is 3. The van der Waals surface area contributed by atoms with Crippen molar-refractivity contribution in [3.8, 4) is 0 Å². The van der Waals surface area contributed by atoms with E-state index in [2.05, 4.69) is 5.32 Å². The van der Waals surface area contributed by atoms with E-state index in [1.165, 1.54) is 12.1 Å². The molecule has 0 aliphatic carbocycles. The van der Waals surface area contributed by atoms with Gasteiger partial charge in [-0.2, -0.15) is 0 Å². The minimum Gasteiger partial charge on any atom is -0.370 e. The molecule has 18 heavy (non-hydrogen) atoms. The van der Waals surface area contributed by atoms with E-state index in [-0.39, 0.29) is 25.3 Å². The summed E-state index contributed by atoms with van der Waals surface area (Å²) < 4.78 is 18.3. The van der Waals surface area contributed by atoms with Crippen molar-refractivity contribution in [2.75, 3.05) is 19.8 Å². The van der Waals surface area contributed by atoms with Gasteiger partial charge in [0.1, 0.15) is 12.4 Å². The second kappa shape index (κ2) is 6.70. The van der Waals surface area contributed by atoms with Crippen LogP contribution in [0.15, 0.2) is 18.2 Å². The molecule has 1 aromatic rings. The number of carbonyl (C=O) groups excluding carboxylic acids is 2. The molecule has 0 heterocycles. The van der Waals surface area contributed by atoms with E-state index in [4.69, 9.17) is 10.5 Å². The number of carbonyl (C=O) groups is 2. The van der Waals surface area contributed by atoms with Crippen LogP contribution >= 0.6 is 0 Å². The molecule has 0 aliphatic heterocycles. The van der Waals surface area contributed by atoms with Gasteiger partial charge in [0, 0.05) is 6.54 Å².